The molecule has 2 aromatic heterocycles. The summed E-state index contributed by atoms with van der Waals surface area (Å²) in [5.74, 6) is 0. The summed E-state index contributed by atoms with van der Waals surface area (Å²) >= 11 is 9.39. The number of fused-ring (bicyclic) bond motifs is 1. The molecule has 0 radical (unpaired) electrons. The van der Waals surface area contributed by atoms with Crippen LogP contribution in [-0.2, 0) is 6.54 Å². The molecular weight excluding hydrogens is 378 g/mol. The first kappa shape index (κ1) is 16.2. The molecule has 0 spiro atoms. The van der Waals surface area contributed by atoms with E-state index in [9.17, 15) is 4.79 Å². The molecule has 0 saturated heterocycles. The number of nitrogens with zero attached hydrogens (tertiary/aromatic N) is 2. The third-order valence-corrected chi connectivity index (χ3v) is 4.44. The van der Waals surface area contributed by atoms with Gasteiger partial charge in [0, 0.05) is 27.3 Å². The monoisotopic (exact) mass is 392 g/mol. The van der Waals surface area contributed by atoms with Gasteiger partial charge in [0.25, 0.3) is 5.56 Å². The van der Waals surface area contributed by atoms with E-state index in [4.69, 9.17) is 11.6 Å². The first-order valence-corrected chi connectivity index (χ1v) is 8.46. The van der Waals surface area contributed by atoms with Crippen molar-refractivity contribution in [1.29, 1.82) is 0 Å². The second-order valence-electron chi connectivity index (χ2n) is 5.44. The van der Waals surface area contributed by atoms with Crippen molar-refractivity contribution in [1.82, 2.24) is 9.38 Å². The minimum atomic E-state index is -0.0740. The molecule has 0 fully saturated rings. The molecule has 0 aliphatic carbocycles. The molecule has 0 unspecified atom stereocenters. The van der Waals surface area contributed by atoms with Crippen LogP contribution in [0.25, 0.3) is 5.65 Å². The summed E-state index contributed by atoms with van der Waals surface area (Å²) in [5, 5.41) is 2.87. The molecule has 3 aromatic rings. The number of nitrogens with two attached hydrogens (primary N) is 1. The molecule has 118 valence electrons. The van der Waals surface area contributed by atoms with E-state index in [2.05, 4.69) is 33.2 Å². The molecule has 0 bridgehead atoms. The molecule has 2 N–H and O–H groups in total. The predicted molar refractivity (Wildman–Crippen MR) is 94.7 cm³/mol. The number of aromatic nitrogens is 2. The minimum absolute atomic E-state index is 0.0740. The molecule has 0 aliphatic heterocycles. The molecule has 23 heavy (non-hydrogen) atoms. The predicted octanol–water partition coefficient (Wildman–Crippen LogP) is 2.94. The van der Waals surface area contributed by atoms with Gasteiger partial charge in [-0.3, -0.25) is 9.20 Å². The number of hydrogen-bond donors (Lipinski definition) is 1. The van der Waals surface area contributed by atoms with E-state index in [1.807, 2.05) is 36.4 Å². The number of halogens is 2. The minimum Gasteiger partial charge on any atom is -0.335 e. The summed E-state index contributed by atoms with van der Waals surface area (Å²) < 4.78 is 2.39. The quantitative estimate of drug-likeness (QED) is 0.741. The van der Waals surface area contributed by atoms with Crippen molar-refractivity contribution in [2.24, 2.45) is 0 Å². The van der Waals surface area contributed by atoms with E-state index < -0.39 is 0 Å². The van der Waals surface area contributed by atoms with Gasteiger partial charge in [-0.1, -0.05) is 23.7 Å². The lowest BCUT2D eigenvalue weighted by molar-refractivity contribution is -0.708. The normalized spacial score (nSPS) is 12.5. The maximum absolute atomic E-state index is 12.2. The van der Waals surface area contributed by atoms with Crippen LogP contribution in [0.5, 0.6) is 0 Å². The smallest absolute Gasteiger partial charge is 0.258 e. The molecule has 1 aromatic carbocycles. The van der Waals surface area contributed by atoms with Crippen LogP contribution < -0.4 is 10.9 Å². The second-order valence-corrected chi connectivity index (χ2v) is 6.80. The van der Waals surface area contributed by atoms with Crippen LogP contribution >= 0.6 is 27.5 Å². The SMILES string of the molecule is C[C@H]([NH2+]Cc1cc(=O)n2cc(Br)ccc2n1)c1cccc(Cl)c1. The van der Waals surface area contributed by atoms with Crippen molar-refractivity contribution in [3.63, 3.8) is 0 Å². The van der Waals surface area contributed by atoms with Gasteiger partial charge in [0.15, 0.2) is 0 Å². The van der Waals surface area contributed by atoms with Gasteiger partial charge in [-0.2, -0.15) is 0 Å². The topological polar surface area (TPSA) is 51.0 Å². The van der Waals surface area contributed by atoms with E-state index in [1.54, 1.807) is 12.3 Å². The Bertz CT molecular complexity index is 910. The Kier molecular flexibility index (Phi) is 4.80. The van der Waals surface area contributed by atoms with Crippen LogP contribution in [0.15, 0.2) is 57.9 Å². The summed E-state index contributed by atoms with van der Waals surface area (Å²) in [5.41, 5.74) is 2.50. The number of hydrogen-bond acceptors (Lipinski definition) is 2. The molecular formula is C17H16BrClN3O+. The second kappa shape index (κ2) is 6.83. The lowest BCUT2D eigenvalue weighted by Gasteiger charge is -2.11. The molecule has 0 saturated carbocycles. The fraction of sp³-hybridized carbons (Fsp3) is 0.176. The summed E-state index contributed by atoms with van der Waals surface area (Å²) in [6, 6.07) is 13.3. The van der Waals surface area contributed by atoms with E-state index in [0.29, 0.717) is 12.2 Å². The van der Waals surface area contributed by atoms with Crippen molar-refractivity contribution in [3.8, 4) is 0 Å². The molecule has 0 aliphatic rings. The Morgan fingerprint density at radius 3 is 2.91 bits per heavy atom. The largest absolute Gasteiger partial charge is 0.335 e. The van der Waals surface area contributed by atoms with Crippen molar-refractivity contribution >= 4 is 33.2 Å². The van der Waals surface area contributed by atoms with Gasteiger partial charge in [0.1, 0.15) is 23.9 Å². The standard InChI is InChI=1S/C17H15BrClN3O/c1-11(12-3-2-4-14(19)7-12)20-9-15-8-17(23)22-10-13(18)5-6-16(22)21-15/h2-8,10-11,20H,9H2,1H3/p+1/t11-/m0/s1. The Morgan fingerprint density at radius 1 is 1.30 bits per heavy atom. The van der Waals surface area contributed by atoms with Crippen molar-refractivity contribution in [2.45, 2.75) is 19.5 Å². The highest BCUT2D eigenvalue weighted by Crippen LogP contribution is 2.15. The fourth-order valence-corrected chi connectivity index (χ4v) is 2.99. The van der Waals surface area contributed by atoms with E-state index in [1.165, 1.54) is 4.40 Å². The number of benzene rings is 1. The Morgan fingerprint density at radius 2 is 2.13 bits per heavy atom. The average molecular weight is 394 g/mol. The van der Waals surface area contributed by atoms with Gasteiger partial charge < -0.3 is 5.32 Å². The zero-order valence-electron chi connectivity index (χ0n) is 12.5. The van der Waals surface area contributed by atoms with Crippen LogP contribution in [-0.4, -0.2) is 9.38 Å². The van der Waals surface area contributed by atoms with Crippen LogP contribution in [0.3, 0.4) is 0 Å². The van der Waals surface area contributed by atoms with Crippen LogP contribution in [0.1, 0.15) is 24.2 Å². The van der Waals surface area contributed by atoms with Gasteiger partial charge in [-0.25, -0.2) is 4.98 Å². The Labute approximate surface area is 147 Å². The molecule has 0 amide bonds. The number of rotatable bonds is 4. The average Bonchev–Trinajstić information content (AvgIpc) is 2.53. The van der Waals surface area contributed by atoms with Crippen molar-refractivity contribution in [2.75, 3.05) is 0 Å². The highest BCUT2D eigenvalue weighted by molar-refractivity contribution is 9.10. The van der Waals surface area contributed by atoms with Gasteiger partial charge in [-0.15, -0.1) is 0 Å². The van der Waals surface area contributed by atoms with Gasteiger partial charge >= 0.3 is 0 Å². The summed E-state index contributed by atoms with van der Waals surface area (Å²) in [4.78, 5) is 16.7. The van der Waals surface area contributed by atoms with Crippen molar-refractivity contribution < 1.29 is 5.32 Å². The Balaban J connectivity index is 1.79. The van der Waals surface area contributed by atoms with Crippen LogP contribution in [0.4, 0.5) is 0 Å². The highest BCUT2D eigenvalue weighted by atomic mass is 79.9. The third kappa shape index (κ3) is 3.80. The summed E-state index contributed by atoms with van der Waals surface area (Å²) in [7, 11) is 0. The fourth-order valence-electron chi connectivity index (χ4n) is 2.45. The van der Waals surface area contributed by atoms with Gasteiger partial charge in [-0.05, 0) is 47.1 Å². The van der Waals surface area contributed by atoms with Crippen LogP contribution in [0.2, 0.25) is 5.02 Å². The lowest BCUT2D eigenvalue weighted by atomic mass is 10.1. The molecule has 6 heteroatoms. The maximum Gasteiger partial charge on any atom is 0.258 e. The third-order valence-electron chi connectivity index (χ3n) is 3.73. The zero-order chi connectivity index (χ0) is 16.4. The summed E-state index contributed by atoms with van der Waals surface area (Å²) in [6.07, 6.45) is 1.73. The Hall–Kier alpha value is -1.69. The maximum atomic E-state index is 12.2. The first-order valence-electron chi connectivity index (χ1n) is 7.29. The number of pyridine rings is 1. The molecule has 2 heterocycles. The zero-order valence-corrected chi connectivity index (χ0v) is 14.9. The molecule has 4 nitrogen and oxygen atoms in total. The van der Waals surface area contributed by atoms with E-state index in [0.717, 1.165) is 20.8 Å². The van der Waals surface area contributed by atoms with Crippen LogP contribution in [0, 0.1) is 0 Å². The van der Waals surface area contributed by atoms with Gasteiger partial charge in [0.05, 0.1) is 0 Å². The molecule has 3 rings (SSSR count). The first-order chi connectivity index (χ1) is 11.0. The lowest BCUT2D eigenvalue weighted by Crippen LogP contribution is -2.83. The van der Waals surface area contributed by atoms with Gasteiger partial charge in [0.2, 0.25) is 0 Å². The van der Waals surface area contributed by atoms with Crippen molar-refractivity contribution in [3.05, 3.63) is 79.8 Å². The molecule has 1 atom stereocenters. The summed E-state index contributed by atoms with van der Waals surface area (Å²) in [6.45, 7) is 2.74. The highest BCUT2D eigenvalue weighted by Gasteiger charge is 2.11. The van der Waals surface area contributed by atoms with E-state index in [-0.39, 0.29) is 11.6 Å². The van der Waals surface area contributed by atoms with E-state index >= 15 is 0 Å². The number of quaternary nitrogens is 1.